The zero-order valence-corrected chi connectivity index (χ0v) is 10.1. The largest absolute Gasteiger partial charge is 0.390 e. The highest BCUT2D eigenvalue weighted by molar-refractivity contribution is 4.79. The summed E-state index contributed by atoms with van der Waals surface area (Å²) in [5, 5.41) is 10.2. The summed E-state index contributed by atoms with van der Waals surface area (Å²) < 4.78 is 11.0. The van der Waals surface area contributed by atoms with Gasteiger partial charge in [0.05, 0.1) is 18.8 Å². The third kappa shape index (κ3) is 3.42. The average Bonchev–Trinajstić information content (AvgIpc) is 2.30. The van der Waals surface area contributed by atoms with Gasteiger partial charge in [0.1, 0.15) is 0 Å². The van der Waals surface area contributed by atoms with Gasteiger partial charge in [-0.15, -0.1) is 0 Å². The molecule has 2 heterocycles. The smallest absolute Gasteiger partial charge is 0.0960 e. The number of ether oxygens (including phenoxy) is 2. The lowest BCUT2D eigenvalue weighted by Gasteiger charge is -2.34. The molecule has 0 radical (unpaired) electrons. The molecular formula is C12H23NO3. The summed E-state index contributed by atoms with van der Waals surface area (Å²) in [5.74, 6) is 0.611. The van der Waals surface area contributed by atoms with Gasteiger partial charge in [0, 0.05) is 26.3 Å². The Balaban J connectivity index is 1.75. The number of likely N-dealkylation sites (N-methyl/N-ethyl adjacent to an activating group) is 1. The van der Waals surface area contributed by atoms with Gasteiger partial charge in [0.2, 0.25) is 0 Å². The first-order chi connectivity index (χ1) is 7.75. The van der Waals surface area contributed by atoms with Crippen molar-refractivity contribution in [2.24, 2.45) is 5.92 Å². The Kier molecular flexibility index (Phi) is 4.58. The topological polar surface area (TPSA) is 41.9 Å². The predicted octanol–water partition coefficient (Wildman–Crippen LogP) is 0.495. The lowest BCUT2D eigenvalue weighted by atomic mass is 9.91. The molecule has 0 aliphatic carbocycles. The highest BCUT2D eigenvalue weighted by atomic mass is 16.5. The first kappa shape index (κ1) is 12.3. The van der Waals surface area contributed by atoms with E-state index in [1.165, 1.54) is 0 Å². The Morgan fingerprint density at radius 1 is 1.31 bits per heavy atom. The van der Waals surface area contributed by atoms with Crippen LogP contribution >= 0.6 is 0 Å². The summed E-state index contributed by atoms with van der Waals surface area (Å²) in [6, 6.07) is 0. The maximum absolute atomic E-state index is 10.2. The van der Waals surface area contributed by atoms with Crippen LogP contribution in [-0.2, 0) is 9.47 Å². The molecule has 0 spiro atoms. The second-order valence-electron chi connectivity index (χ2n) is 5.03. The Bertz CT molecular complexity index is 206. The van der Waals surface area contributed by atoms with Gasteiger partial charge in [0.25, 0.3) is 0 Å². The molecule has 2 atom stereocenters. The molecule has 2 saturated heterocycles. The molecule has 0 aromatic rings. The van der Waals surface area contributed by atoms with Crippen LogP contribution in [0.25, 0.3) is 0 Å². The van der Waals surface area contributed by atoms with Crippen LogP contribution in [0.3, 0.4) is 0 Å². The van der Waals surface area contributed by atoms with E-state index in [0.717, 1.165) is 52.2 Å². The highest BCUT2D eigenvalue weighted by Gasteiger charge is 2.28. The van der Waals surface area contributed by atoms with Gasteiger partial charge in [-0.1, -0.05) is 0 Å². The first-order valence-electron chi connectivity index (χ1n) is 6.31. The Morgan fingerprint density at radius 2 is 2.06 bits per heavy atom. The summed E-state index contributed by atoms with van der Waals surface area (Å²) in [4.78, 5) is 2.22. The van der Waals surface area contributed by atoms with Crippen molar-refractivity contribution in [2.45, 2.75) is 31.5 Å². The van der Waals surface area contributed by atoms with E-state index >= 15 is 0 Å². The van der Waals surface area contributed by atoms with Crippen molar-refractivity contribution < 1.29 is 14.6 Å². The fourth-order valence-electron chi connectivity index (χ4n) is 2.52. The molecule has 0 amide bonds. The number of aliphatic hydroxyl groups is 1. The standard InChI is InChI=1S/C12H23NO3/c1-13-4-7-16-12(9-13)11(14)8-10-2-5-15-6-3-10/h10-12,14H,2-9H2,1H3. The molecule has 0 bridgehead atoms. The molecule has 1 N–H and O–H groups in total. The Morgan fingerprint density at radius 3 is 2.75 bits per heavy atom. The van der Waals surface area contributed by atoms with Crippen LogP contribution in [0, 0.1) is 5.92 Å². The van der Waals surface area contributed by atoms with E-state index in [0.29, 0.717) is 5.92 Å². The molecule has 16 heavy (non-hydrogen) atoms. The summed E-state index contributed by atoms with van der Waals surface area (Å²) in [6.45, 7) is 4.27. The number of hydrogen-bond acceptors (Lipinski definition) is 4. The first-order valence-corrected chi connectivity index (χ1v) is 6.31. The Hall–Kier alpha value is -0.160. The van der Waals surface area contributed by atoms with Gasteiger partial charge >= 0.3 is 0 Å². The third-order valence-corrected chi connectivity index (χ3v) is 3.64. The highest BCUT2D eigenvalue weighted by Crippen LogP contribution is 2.22. The number of morpholine rings is 1. The van der Waals surface area contributed by atoms with E-state index in [1.807, 2.05) is 0 Å². The van der Waals surface area contributed by atoms with Crippen LogP contribution in [0.4, 0.5) is 0 Å². The minimum Gasteiger partial charge on any atom is -0.390 e. The van der Waals surface area contributed by atoms with Gasteiger partial charge in [-0.25, -0.2) is 0 Å². The van der Waals surface area contributed by atoms with Crippen LogP contribution in [0.5, 0.6) is 0 Å². The summed E-state index contributed by atoms with van der Waals surface area (Å²) in [5.41, 5.74) is 0. The molecular weight excluding hydrogens is 206 g/mol. The SMILES string of the molecule is CN1CCOC(C(O)CC2CCOCC2)C1. The van der Waals surface area contributed by atoms with Crippen LogP contribution in [0.1, 0.15) is 19.3 Å². The van der Waals surface area contributed by atoms with E-state index in [9.17, 15) is 5.11 Å². The van der Waals surface area contributed by atoms with E-state index in [-0.39, 0.29) is 12.2 Å². The van der Waals surface area contributed by atoms with Crippen LogP contribution < -0.4 is 0 Å². The zero-order chi connectivity index (χ0) is 11.4. The lowest BCUT2D eigenvalue weighted by molar-refractivity contribution is -0.0925. The van der Waals surface area contributed by atoms with Crippen molar-refractivity contribution in [3.63, 3.8) is 0 Å². The van der Waals surface area contributed by atoms with Crippen LogP contribution in [0.15, 0.2) is 0 Å². The van der Waals surface area contributed by atoms with E-state index in [2.05, 4.69) is 11.9 Å². The molecule has 2 aliphatic rings. The van der Waals surface area contributed by atoms with Crippen LogP contribution in [-0.4, -0.2) is 62.2 Å². The monoisotopic (exact) mass is 229 g/mol. The molecule has 0 aromatic carbocycles. The molecule has 0 aromatic heterocycles. The number of hydrogen-bond donors (Lipinski definition) is 1. The van der Waals surface area contributed by atoms with Gasteiger partial charge < -0.3 is 19.5 Å². The molecule has 4 nitrogen and oxygen atoms in total. The fraction of sp³-hybridized carbons (Fsp3) is 1.00. The molecule has 2 rings (SSSR count). The predicted molar refractivity (Wildman–Crippen MR) is 61.4 cm³/mol. The zero-order valence-electron chi connectivity index (χ0n) is 10.1. The van der Waals surface area contributed by atoms with Gasteiger partial charge in [-0.3, -0.25) is 0 Å². The van der Waals surface area contributed by atoms with Gasteiger partial charge in [0.15, 0.2) is 0 Å². The lowest BCUT2D eigenvalue weighted by Crippen LogP contribution is -2.46. The molecule has 2 fully saturated rings. The normalized spacial score (nSPS) is 31.5. The maximum atomic E-state index is 10.2. The van der Waals surface area contributed by atoms with Crippen molar-refractivity contribution in [3.8, 4) is 0 Å². The second-order valence-corrected chi connectivity index (χ2v) is 5.03. The summed E-state index contributed by atoms with van der Waals surface area (Å²) >= 11 is 0. The molecule has 4 heteroatoms. The molecule has 2 aliphatic heterocycles. The third-order valence-electron chi connectivity index (χ3n) is 3.64. The second kappa shape index (κ2) is 5.96. The van der Waals surface area contributed by atoms with Gasteiger partial charge in [-0.05, 0) is 32.2 Å². The van der Waals surface area contributed by atoms with Gasteiger partial charge in [-0.2, -0.15) is 0 Å². The quantitative estimate of drug-likeness (QED) is 0.765. The fourth-order valence-corrected chi connectivity index (χ4v) is 2.52. The van der Waals surface area contributed by atoms with Crippen molar-refractivity contribution in [2.75, 3.05) is 40.0 Å². The molecule has 0 saturated carbocycles. The molecule has 94 valence electrons. The maximum Gasteiger partial charge on any atom is 0.0960 e. The minimum absolute atomic E-state index is 0.00148. The van der Waals surface area contributed by atoms with E-state index in [1.54, 1.807) is 0 Å². The summed E-state index contributed by atoms with van der Waals surface area (Å²) in [6.07, 6.45) is 2.72. The van der Waals surface area contributed by atoms with E-state index in [4.69, 9.17) is 9.47 Å². The van der Waals surface area contributed by atoms with Crippen LogP contribution in [0.2, 0.25) is 0 Å². The number of aliphatic hydroxyl groups excluding tert-OH is 1. The van der Waals surface area contributed by atoms with Crippen molar-refractivity contribution in [3.05, 3.63) is 0 Å². The Labute approximate surface area is 97.5 Å². The minimum atomic E-state index is -0.314. The van der Waals surface area contributed by atoms with Crippen molar-refractivity contribution in [1.29, 1.82) is 0 Å². The number of nitrogens with zero attached hydrogens (tertiary/aromatic N) is 1. The van der Waals surface area contributed by atoms with E-state index < -0.39 is 0 Å². The number of rotatable bonds is 3. The average molecular weight is 229 g/mol. The van der Waals surface area contributed by atoms with Crippen molar-refractivity contribution in [1.82, 2.24) is 4.90 Å². The van der Waals surface area contributed by atoms with Crippen molar-refractivity contribution >= 4 is 0 Å². The molecule has 2 unspecified atom stereocenters. The summed E-state index contributed by atoms with van der Waals surface area (Å²) in [7, 11) is 2.08.